The van der Waals surface area contributed by atoms with E-state index in [-0.39, 0.29) is 59.1 Å². The van der Waals surface area contributed by atoms with Gasteiger partial charge in [-0.25, -0.2) is 0 Å². The van der Waals surface area contributed by atoms with E-state index in [0.29, 0.717) is 6.42 Å². The summed E-state index contributed by atoms with van der Waals surface area (Å²) in [6.45, 7) is 2.20. The van der Waals surface area contributed by atoms with Crippen molar-refractivity contribution >= 4 is 11.9 Å². The number of carbonyl (C=O) groups is 2. The van der Waals surface area contributed by atoms with E-state index in [1.807, 2.05) is 0 Å². The molecule has 8 heteroatoms. The van der Waals surface area contributed by atoms with Crippen molar-refractivity contribution in [3.05, 3.63) is 0 Å². The van der Waals surface area contributed by atoms with E-state index in [1.165, 1.54) is 38.5 Å². The molecular formula is C16H26Na2O6. The molecule has 0 bridgehead atoms. The summed E-state index contributed by atoms with van der Waals surface area (Å²) in [7, 11) is 0. The summed E-state index contributed by atoms with van der Waals surface area (Å²) < 4.78 is 10.1. The Balaban J connectivity index is 0. The Bertz CT molecular complexity index is 331. The van der Waals surface area contributed by atoms with Gasteiger partial charge in [-0.15, -0.1) is 0 Å². The fourth-order valence-electron chi connectivity index (χ4n) is 2.62. The third-order valence-corrected chi connectivity index (χ3v) is 3.88. The van der Waals surface area contributed by atoms with Crippen LogP contribution in [0, 0.1) is 0 Å². The van der Waals surface area contributed by atoms with Gasteiger partial charge in [0.25, 0.3) is 0 Å². The number of hydrogen-bond acceptors (Lipinski definition) is 6. The van der Waals surface area contributed by atoms with Crippen molar-refractivity contribution in [3.8, 4) is 0 Å². The average molecular weight is 360 g/mol. The quantitative estimate of drug-likeness (QED) is 0.254. The summed E-state index contributed by atoms with van der Waals surface area (Å²) in [4.78, 5) is 21.6. The Morgan fingerprint density at radius 3 is 1.50 bits per heavy atom. The molecule has 0 aromatic heterocycles. The Labute approximate surface area is 188 Å². The van der Waals surface area contributed by atoms with Crippen LogP contribution in [0.25, 0.3) is 0 Å². The molecule has 0 spiro atoms. The van der Waals surface area contributed by atoms with Gasteiger partial charge in [0.1, 0.15) is 12.2 Å². The summed E-state index contributed by atoms with van der Waals surface area (Å²) in [6.07, 6.45) is 7.06. The SMILES string of the molecule is CCCCCCCCCCCC1OC(C(=O)[O-])C(C(=O)[O-])O1.[Na+].[Na+]. The van der Waals surface area contributed by atoms with Crippen LogP contribution in [0.3, 0.4) is 0 Å². The minimum atomic E-state index is -1.58. The molecule has 1 aliphatic rings. The number of carboxylic acids is 2. The van der Waals surface area contributed by atoms with Crippen molar-refractivity contribution in [2.45, 2.75) is 89.6 Å². The van der Waals surface area contributed by atoms with E-state index < -0.39 is 30.4 Å². The monoisotopic (exact) mass is 360 g/mol. The molecule has 0 N–H and O–H groups in total. The van der Waals surface area contributed by atoms with Crippen LogP contribution in [0.1, 0.15) is 71.1 Å². The Kier molecular flexibility index (Phi) is 18.1. The first kappa shape index (κ1) is 27.1. The van der Waals surface area contributed by atoms with Gasteiger partial charge in [0.2, 0.25) is 0 Å². The van der Waals surface area contributed by atoms with Crippen molar-refractivity contribution in [1.29, 1.82) is 0 Å². The molecule has 0 aromatic rings. The standard InChI is InChI=1S/C16H28O6.2Na/c1-2-3-4-5-6-7-8-9-10-11-12-21-13(15(17)18)14(22-12)16(19)20;;/h12-14H,2-11H2,1H3,(H,17,18)(H,19,20);;/q;2*+1/p-2. The zero-order valence-electron chi connectivity index (χ0n) is 15.3. The van der Waals surface area contributed by atoms with E-state index in [1.54, 1.807) is 0 Å². The zero-order chi connectivity index (χ0) is 16.4. The first-order valence-electron chi connectivity index (χ1n) is 8.29. The van der Waals surface area contributed by atoms with E-state index in [9.17, 15) is 19.8 Å². The van der Waals surface area contributed by atoms with E-state index in [0.717, 1.165) is 19.3 Å². The molecule has 1 heterocycles. The maximum atomic E-state index is 10.8. The van der Waals surface area contributed by atoms with Crippen molar-refractivity contribution in [3.63, 3.8) is 0 Å². The van der Waals surface area contributed by atoms with Crippen LogP contribution in [0.2, 0.25) is 0 Å². The number of ether oxygens (including phenoxy) is 2. The molecule has 2 atom stereocenters. The summed E-state index contributed by atoms with van der Waals surface area (Å²) >= 11 is 0. The molecule has 1 fully saturated rings. The van der Waals surface area contributed by atoms with Crippen LogP contribution >= 0.6 is 0 Å². The van der Waals surface area contributed by atoms with E-state index in [4.69, 9.17) is 9.47 Å². The van der Waals surface area contributed by atoms with Gasteiger partial charge in [-0.05, 0) is 12.8 Å². The molecule has 0 amide bonds. The van der Waals surface area contributed by atoms with Crippen molar-refractivity contribution in [2.75, 3.05) is 0 Å². The number of hydrogen-bond donors (Lipinski definition) is 0. The summed E-state index contributed by atoms with van der Waals surface area (Å²) in [5.41, 5.74) is 0. The molecule has 1 rings (SSSR count). The molecule has 1 aliphatic heterocycles. The molecule has 1 saturated heterocycles. The molecule has 0 radical (unpaired) electrons. The van der Waals surface area contributed by atoms with Gasteiger partial charge in [-0.2, -0.15) is 0 Å². The number of carbonyl (C=O) groups excluding carboxylic acids is 2. The van der Waals surface area contributed by atoms with E-state index >= 15 is 0 Å². The fraction of sp³-hybridized carbons (Fsp3) is 0.875. The minimum absolute atomic E-state index is 0. The maximum Gasteiger partial charge on any atom is 1.00 e. The predicted octanol–water partition coefficient (Wildman–Crippen LogP) is -5.47. The van der Waals surface area contributed by atoms with Gasteiger partial charge in [0.15, 0.2) is 6.29 Å². The van der Waals surface area contributed by atoms with Crippen LogP contribution < -0.4 is 69.3 Å². The van der Waals surface area contributed by atoms with Gasteiger partial charge in [-0.1, -0.05) is 58.3 Å². The van der Waals surface area contributed by atoms with Crippen molar-refractivity contribution in [2.24, 2.45) is 0 Å². The van der Waals surface area contributed by atoms with Gasteiger partial charge in [0, 0.05) is 0 Å². The van der Waals surface area contributed by atoms with Crippen LogP contribution in [0.5, 0.6) is 0 Å². The van der Waals surface area contributed by atoms with Crippen LogP contribution in [-0.2, 0) is 19.1 Å². The largest absolute Gasteiger partial charge is 1.00 e. The molecule has 0 aliphatic carbocycles. The fourth-order valence-corrected chi connectivity index (χ4v) is 2.62. The second kappa shape index (κ2) is 16.1. The topological polar surface area (TPSA) is 98.7 Å². The van der Waals surface area contributed by atoms with Crippen LogP contribution in [0.15, 0.2) is 0 Å². The number of carboxylic acid groups (broad SMARTS) is 2. The second-order valence-corrected chi connectivity index (χ2v) is 5.80. The number of unbranched alkanes of at least 4 members (excludes halogenated alkanes) is 8. The van der Waals surface area contributed by atoms with Gasteiger partial charge in [0.05, 0.1) is 11.9 Å². The Morgan fingerprint density at radius 1 is 0.750 bits per heavy atom. The summed E-state index contributed by atoms with van der Waals surface area (Å²) in [5, 5.41) is 21.6. The van der Waals surface area contributed by atoms with Gasteiger partial charge < -0.3 is 29.3 Å². The first-order valence-corrected chi connectivity index (χ1v) is 8.29. The molecule has 0 saturated carbocycles. The Morgan fingerprint density at radius 2 is 1.12 bits per heavy atom. The third kappa shape index (κ3) is 10.8. The zero-order valence-corrected chi connectivity index (χ0v) is 19.3. The second-order valence-electron chi connectivity index (χ2n) is 5.80. The molecule has 2 unspecified atom stereocenters. The average Bonchev–Trinajstić information content (AvgIpc) is 2.90. The molecular weight excluding hydrogens is 334 g/mol. The summed E-state index contributed by atoms with van der Waals surface area (Å²) in [6, 6.07) is 0. The van der Waals surface area contributed by atoms with Crippen molar-refractivity contribution in [1.82, 2.24) is 0 Å². The Hall–Kier alpha value is 0.860. The van der Waals surface area contributed by atoms with Gasteiger partial charge in [-0.3, -0.25) is 0 Å². The smallest absolute Gasteiger partial charge is 0.547 e. The van der Waals surface area contributed by atoms with Gasteiger partial charge >= 0.3 is 59.1 Å². The van der Waals surface area contributed by atoms with Crippen molar-refractivity contribution < 1.29 is 88.4 Å². The predicted molar refractivity (Wildman–Crippen MR) is 75.4 cm³/mol. The molecule has 6 nitrogen and oxygen atoms in total. The van der Waals surface area contributed by atoms with Crippen LogP contribution in [0.4, 0.5) is 0 Å². The maximum absolute atomic E-state index is 10.8. The summed E-state index contributed by atoms with van der Waals surface area (Å²) in [5.74, 6) is -3.16. The first-order chi connectivity index (χ1) is 10.6. The molecule has 0 aromatic carbocycles. The third-order valence-electron chi connectivity index (χ3n) is 3.88. The normalized spacial score (nSPS) is 22.5. The number of rotatable bonds is 12. The molecule has 24 heavy (non-hydrogen) atoms. The van der Waals surface area contributed by atoms with Crippen LogP contribution in [-0.4, -0.2) is 30.4 Å². The molecule has 128 valence electrons. The van der Waals surface area contributed by atoms with E-state index in [2.05, 4.69) is 6.92 Å². The number of aliphatic carboxylic acids is 2. The minimum Gasteiger partial charge on any atom is -0.547 e.